The molecule has 17 heavy (non-hydrogen) atoms. The topological polar surface area (TPSA) is 105 Å². The Bertz CT molecular complexity index is 346. The minimum Gasteiger partial charge on any atom is -0.365 e. The number of carbonyl (C=O) groups is 4. The van der Waals surface area contributed by atoms with Gasteiger partial charge in [0.25, 0.3) is 0 Å². The summed E-state index contributed by atoms with van der Waals surface area (Å²) in [6.07, 6.45) is -1.80. The van der Waals surface area contributed by atoms with Gasteiger partial charge in [-0.3, -0.25) is 24.5 Å². The Morgan fingerprint density at radius 3 is 1.53 bits per heavy atom. The van der Waals surface area contributed by atoms with Gasteiger partial charge in [0.15, 0.2) is 11.6 Å². The van der Waals surface area contributed by atoms with Crippen LogP contribution in [0.4, 0.5) is 0 Å². The van der Waals surface area contributed by atoms with E-state index in [0.717, 1.165) is 0 Å². The van der Waals surface area contributed by atoms with Crippen LogP contribution in [0.1, 0.15) is 12.8 Å². The van der Waals surface area contributed by atoms with Gasteiger partial charge in [-0.1, -0.05) is 0 Å². The van der Waals surface area contributed by atoms with E-state index in [1.807, 2.05) is 5.32 Å². The first kappa shape index (κ1) is 11.9. The Balaban J connectivity index is 1.67. The number of imide groups is 1. The monoisotopic (exact) mass is 241 g/mol. The van der Waals surface area contributed by atoms with Gasteiger partial charge >= 0.3 is 0 Å². The minimum absolute atomic E-state index is 0.331. The molecule has 1 N–H and O–H groups in total. The molecule has 2 aliphatic rings. The van der Waals surface area contributed by atoms with Crippen LogP contribution in [-0.2, 0) is 28.7 Å². The van der Waals surface area contributed by atoms with Crippen molar-refractivity contribution in [1.29, 1.82) is 0 Å². The number of rotatable bonds is 6. The first-order chi connectivity index (χ1) is 8.06. The van der Waals surface area contributed by atoms with Gasteiger partial charge in [0, 0.05) is 0 Å². The number of nitrogens with one attached hydrogen (secondary N) is 1. The second kappa shape index (κ2) is 4.72. The summed E-state index contributed by atoms with van der Waals surface area (Å²) in [6.45, 7) is 0.662. The highest BCUT2D eigenvalue weighted by Crippen LogP contribution is 2.12. The standard InChI is InChI=1S/C10H11NO6/c12-5(7-3-16-7)1-9(14)11-10(15)2-6(13)8-4-17-8/h7-8H,1-4H2,(H,11,14,15). The first-order valence-electron chi connectivity index (χ1n) is 5.17. The van der Waals surface area contributed by atoms with E-state index in [0.29, 0.717) is 13.2 Å². The summed E-state index contributed by atoms with van der Waals surface area (Å²) in [6, 6.07) is 0. The van der Waals surface area contributed by atoms with Crippen LogP contribution in [0.25, 0.3) is 0 Å². The van der Waals surface area contributed by atoms with Crippen LogP contribution < -0.4 is 5.32 Å². The van der Waals surface area contributed by atoms with E-state index in [9.17, 15) is 19.2 Å². The summed E-state index contributed by atoms with van der Waals surface area (Å²) < 4.78 is 9.39. The molecule has 2 amide bonds. The lowest BCUT2D eigenvalue weighted by atomic mass is 10.2. The molecule has 0 aromatic rings. The molecule has 0 aliphatic carbocycles. The van der Waals surface area contributed by atoms with Gasteiger partial charge in [-0.05, 0) is 0 Å². The van der Waals surface area contributed by atoms with Gasteiger partial charge in [-0.15, -0.1) is 0 Å². The predicted octanol–water partition coefficient (Wildman–Crippen LogP) is -1.65. The van der Waals surface area contributed by atoms with Crippen LogP contribution in [0.2, 0.25) is 0 Å². The lowest BCUT2D eigenvalue weighted by Gasteiger charge is -2.01. The van der Waals surface area contributed by atoms with Crippen molar-refractivity contribution in [3.8, 4) is 0 Å². The fraction of sp³-hybridized carbons (Fsp3) is 0.600. The zero-order valence-electron chi connectivity index (χ0n) is 8.93. The first-order valence-corrected chi connectivity index (χ1v) is 5.17. The van der Waals surface area contributed by atoms with E-state index in [1.165, 1.54) is 0 Å². The molecule has 2 aliphatic heterocycles. The van der Waals surface area contributed by atoms with E-state index in [-0.39, 0.29) is 11.6 Å². The van der Waals surface area contributed by atoms with Gasteiger partial charge in [0.2, 0.25) is 11.8 Å². The highest BCUT2D eigenvalue weighted by molar-refractivity contribution is 6.10. The van der Waals surface area contributed by atoms with Crippen molar-refractivity contribution in [3.05, 3.63) is 0 Å². The number of carbonyl (C=O) groups excluding carboxylic acids is 4. The number of ether oxygens (including phenoxy) is 2. The summed E-state index contributed by atoms with van der Waals surface area (Å²) in [4.78, 5) is 44.7. The van der Waals surface area contributed by atoms with E-state index in [2.05, 4.69) is 0 Å². The molecule has 7 nitrogen and oxygen atoms in total. The third kappa shape index (κ3) is 3.72. The normalized spacial score (nSPS) is 24.9. The van der Waals surface area contributed by atoms with Gasteiger partial charge in [-0.25, -0.2) is 0 Å². The van der Waals surface area contributed by atoms with Crippen LogP contribution in [0, 0.1) is 0 Å². The highest BCUT2D eigenvalue weighted by atomic mass is 16.6. The second-order valence-corrected chi connectivity index (χ2v) is 3.90. The van der Waals surface area contributed by atoms with Crippen molar-refractivity contribution < 1.29 is 28.7 Å². The lowest BCUT2D eigenvalue weighted by Crippen LogP contribution is -2.34. The maximum Gasteiger partial charge on any atom is 0.234 e. The molecule has 2 fully saturated rings. The van der Waals surface area contributed by atoms with E-state index in [4.69, 9.17) is 9.47 Å². The number of Topliss-reactive ketones (excluding diaryl/α,β-unsaturated/α-hetero) is 2. The molecule has 7 heteroatoms. The van der Waals surface area contributed by atoms with E-state index in [1.54, 1.807) is 0 Å². The number of hydrogen-bond donors (Lipinski definition) is 1. The zero-order chi connectivity index (χ0) is 12.4. The van der Waals surface area contributed by atoms with Gasteiger partial charge in [0.05, 0.1) is 26.1 Å². The lowest BCUT2D eigenvalue weighted by molar-refractivity contribution is -0.134. The number of epoxide rings is 2. The molecule has 92 valence electrons. The van der Waals surface area contributed by atoms with E-state index >= 15 is 0 Å². The largest absolute Gasteiger partial charge is 0.365 e. The number of hydrogen-bond acceptors (Lipinski definition) is 6. The number of ketones is 2. The van der Waals surface area contributed by atoms with Crippen LogP contribution in [0.3, 0.4) is 0 Å². The molecular formula is C10H11NO6. The van der Waals surface area contributed by atoms with Crippen LogP contribution >= 0.6 is 0 Å². The van der Waals surface area contributed by atoms with Crippen molar-refractivity contribution in [1.82, 2.24) is 5.32 Å². The zero-order valence-corrected chi connectivity index (χ0v) is 8.93. The Morgan fingerprint density at radius 1 is 0.882 bits per heavy atom. The van der Waals surface area contributed by atoms with Crippen LogP contribution in [-0.4, -0.2) is 48.8 Å². The molecule has 0 bridgehead atoms. The molecular weight excluding hydrogens is 230 g/mol. The van der Waals surface area contributed by atoms with Crippen molar-refractivity contribution in [3.63, 3.8) is 0 Å². The highest BCUT2D eigenvalue weighted by Gasteiger charge is 2.34. The maximum atomic E-state index is 11.2. The molecule has 0 aromatic carbocycles. The third-order valence-electron chi connectivity index (χ3n) is 2.33. The fourth-order valence-corrected chi connectivity index (χ4v) is 1.26. The summed E-state index contributed by atoms with van der Waals surface area (Å²) >= 11 is 0. The molecule has 2 atom stereocenters. The molecule has 2 rings (SSSR count). The fourth-order valence-electron chi connectivity index (χ4n) is 1.26. The quantitative estimate of drug-likeness (QED) is 0.441. The van der Waals surface area contributed by atoms with Gasteiger partial charge in [0.1, 0.15) is 12.2 Å². The Kier molecular flexibility index (Phi) is 3.30. The summed E-state index contributed by atoms with van der Waals surface area (Å²) in [5.74, 6) is -2.13. The van der Waals surface area contributed by atoms with Crippen LogP contribution in [0.15, 0.2) is 0 Å². The van der Waals surface area contributed by atoms with Gasteiger partial charge < -0.3 is 9.47 Å². The molecule has 2 heterocycles. The second-order valence-electron chi connectivity index (χ2n) is 3.90. The van der Waals surface area contributed by atoms with Crippen molar-refractivity contribution in [2.24, 2.45) is 0 Å². The smallest absolute Gasteiger partial charge is 0.234 e. The SMILES string of the molecule is O=C(CC(=O)C1CO1)NC(=O)CC(=O)C1CO1. The Labute approximate surface area is 96.4 Å². The van der Waals surface area contributed by atoms with Crippen molar-refractivity contribution >= 4 is 23.4 Å². The molecule has 2 unspecified atom stereocenters. The number of amides is 2. The van der Waals surface area contributed by atoms with Gasteiger partial charge in [-0.2, -0.15) is 0 Å². The third-order valence-corrected chi connectivity index (χ3v) is 2.33. The Morgan fingerprint density at radius 2 is 1.24 bits per heavy atom. The molecule has 0 saturated carbocycles. The molecule has 0 radical (unpaired) electrons. The summed E-state index contributed by atoms with van der Waals surface area (Å²) in [7, 11) is 0. The molecule has 0 aromatic heterocycles. The maximum absolute atomic E-state index is 11.2. The average Bonchev–Trinajstić information content (AvgIpc) is 3.10. The van der Waals surface area contributed by atoms with Crippen LogP contribution in [0.5, 0.6) is 0 Å². The summed E-state index contributed by atoms with van der Waals surface area (Å²) in [5, 5.41) is 1.98. The molecule has 0 spiro atoms. The summed E-state index contributed by atoms with van der Waals surface area (Å²) in [5.41, 5.74) is 0. The minimum atomic E-state index is -0.708. The average molecular weight is 241 g/mol. The van der Waals surface area contributed by atoms with E-state index < -0.39 is 36.9 Å². The predicted molar refractivity (Wildman–Crippen MR) is 51.9 cm³/mol. The van der Waals surface area contributed by atoms with Crippen molar-refractivity contribution in [2.75, 3.05) is 13.2 Å². The molecule has 2 saturated heterocycles. The Hall–Kier alpha value is -1.60. The van der Waals surface area contributed by atoms with Crippen molar-refractivity contribution in [2.45, 2.75) is 25.0 Å².